The normalized spacial score (nSPS) is 13.9. The highest BCUT2D eigenvalue weighted by molar-refractivity contribution is 6.01. The highest BCUT2D eigenvalue weighted by Crippen LogP contribution is 2.24. The summed E-state index contributed by atoms with van der Waals surface area (Å²) in [5, 5.41) is 12.9. The Kier molecular flexibility index (Phi) is 4.83. The van der Waals surface area contributed by atoms with E-state index in [0.717, 1.165) is 17.1 Å². The smallest absolute Gasteiger partial charge is 0.323 e. The number of aryl methyl sites for hydroxylation is 1. The molecule has 3 N–H and O–H groups in total. The second-order valence-electron chi connectivity index (χ2n) is 6.60. The minimum absolute atomic E-state index is 0.126. The summed E-state index contributed by atoms with van der Waals surface area (Å²) in [6, 6.07) is 6.96. The van der Waals surface area contributed by atoms with Gasteiger partial charge in [0.1, 0.15) is 0 Å². The van der Waals surface area contributed by atoms with Crippen LogP contribution in [0.3, 0.4) is 0 Å². The monoisotopic (exact) mass is 356 g/mol. The van der Waals surface area contributed by atoms with E-state index < -0.39 is 0 Å². The van der Waals surface area contributed by atoms with Gasteiger partial charge in [-0.25, -0.2) is 9.59 Å². The number of carbonyl (C=O) groups excluding carboxylic acids is 2. The van der Waals surface area contributed by atoms with Crippen LogP contribution < -0.4 is 20.9 Å². The Labute approximate surface area is 152 Å². The second kappa shape index (κ2) is 7.07. The lowest BCUT2D eigenvalue weighted by atomic mass is 10.2. The Bertz CT molecular complexity index is 842. The summed E-state index contributed by atoms with van der Waals surface area (Å²) in [5.41, 5.74) is 3.76. The molecule has 0 spiro atoms. The van der Waals surface area contributed by atoms with Crippen LogP contribution in [0.5, 0.6) is 0 Å². The number of nitrogens with one attached hydrogen (secondary N) is 3. The number of hydrogen-bond acceptors (Lipinski definition) is 3. The molecule has 0 unspecified atom stereocenters. The molecule has 0 bridgehead atoms. The maximum Gasteiger partial charge on any atom is 0.323 e. The van der Waals surface area contributed by atoms with Gasteiger partial charge in [-0.2, -0.15) is 5.10 Å². The van der Waals surface area contributed by atoms with Gasteiger partial charge in [-0.05, 0) is 45.9 Å². The molecule has 2 aromatic rings. The van der Waals surface area contributed by atoms with E-state index in [0.29, 0.717) is 24.5 Å². The van der Waals surface area contributed by atoms with Crippen molar-refractivity contribution < 1.29 is 9.59 Å². The molecule has 3 rings (SSSR count). The van der Waals surface area contributed by atoms with Crippen LogP contribution in [-0.2, 0) is 0 Å². The fourth-order valence-corrected chi connectivity index (χ4v) is 3.09. The zero-order valence-electron chi connectivity index (χ0n) is 15.5. The summed E-state index contributed by atoms with van der Waals surface area (Å²) in [6.07, 6.45) is 0. The van der Waals surface area contributed by atoms with Crippen molar-refractivity contribution in [3.63, 3.8) is 0 Å². The lowest BCUT2D eigenvalue weighted by Gasteiger charge is -2.16. The molecule has 8 heteroatoms. The van der Waals surface area contributed by atoms with Gasteiger partial charge in [0.2, 0.25) is 0 Å². The van der Waals surface area contributed by atoms with Gasteiger partial charge in [0, 0.05) is 30.5 Å². The molecule has 2 heterocycles. The summed E-state index contributed by atoms with van der Waals surface area (Å²) in [4.78, 5) is 25.8. The van der Waals surface area contributed by atoms with Crippen LogP contribution in [0, 0.1) is 13.8 Å². The Morgan fingerprint density at radius 3 is 2.65 bits per heavy atom. The third kappa shape index (κ3) is 3.49. The predicted octanol–water partition coefficient (Wildman–Crippen LogP) is 3.25. The number of urea groups is 2. The molecule has 0 atom stereocenters. The van der Waals surface area contributed by atoms with E-state index >= 15 is 0 Å². The summed E-state index contributed by atoms with van der Waals surface area (Å²) < 4.78 is 1.89. The largest absolute Gasteiger partial charge is 0.336 e. The first-order chi connectivity index (χ1) is 12.4. The minimum Gasteiger partial charge on any atom is -0.336 e. The van der Waals surface area contributed by atoms with E-state index in [1.165, 1.54) is 0 Å². The van der Waals surface area contributed by atoms with Crippen molar-refractivity contribution in [3.05, 3.63) is 35.7 Å². The van der Waals surface area contributed by atoms with Crippen LogP contribution in [0.4, 0.5) is 26.7 Å². The van der Waals surface area contributed by atoms with Gasteiger partial charge in [-0.15, -0.1) is 0 Å². The fraction of sp³-hybridized carbons (Fsp3) is 0.389. The quantitative estimate of drug-likeness (QED) is 0.785. The fourth-order valence-electron chi connectivity index (χ4n) is 3.09. The van der Waals surface area contributed by atoms with E-state index in [1.54, 1.807) is 17.0 Å². The molecule has 8 nitrogen and oxygen atoms in total. The second-order valence-corrected chi connectivity index (χ2v) is 6.60. The van der Waals surface area contributed by atoms with Crippen LogP contribution in [0.1, 0.15) is 31.3 Å². The zero-order chi connectivity index (χ0) is 18.8. The molecule has 0 aliphatic carbocycles. The van der Waals surface area contributed by atoms with Crippen LogP contribution in [-0.4, -0.2) is 34.9 Å². The zero-order valence-corrected chi connectivity index (χ0v) is 15.5. The van der Waals surface area contributed by atoms with Gasteiger partial charge in [-0.3, -0.25) is 9.58 Å². The molecule has 1 saturated heterocycles. The van der Waals surface area contributed by atoms with Crippen molar-refractivity contribution in [2.45, 2.75) is 33.7 Å². The molecule has 1 fully saturated rings. The Hall–Kier alpha value is -3.03. The molecule has 138 valence electrons. The minimum atomic E-state index is -0.345. The van der Waals surface area contributed by atoms with Gasteiger partial charge in [-0.1, -0.05) is 6.07 Å². The lowest BCUT2D eigenvalue weighted by molar-refractivity contribution is 0.252. The predicted molar refractivity (Wildman–Crippen MR) is 102 cm³/mol. The van der Waals surface area contributed by atoms with E-state index in [2.05, 4.69) is 21.0 Å². The maximum absolute atomic E-state index is 12.4. The molecule has 26 heavy (non-hydrogen) atoms. The number of nitrogens with zero attached hydrogens (tertiary/aromatic N) is 3. The molecule has 1 aliphatic heterocycles. The number of anilines is 3. The first kappa shape index (κ1) is 17.8. The first-order valence-electron chi connectivity index (χ1n) is 8.66. The van der Waals surface area contributed by atoms with Gasteiger partial charge in [0.05, 0.1) is 17.1 Å². The Morgan fingerprint density at radius 2 is 2.04 bits per heavy atom. The van der Waals surface area contributed by atoms with E-state index in [-0.39, 0.29) is 18.1 Å². The topological polar surface area (TPSA) is 91.3 Å². The van der Waals surface area contributed by atoms with Crippen LogP contribution >= 0.6 is 0 Å². The van der Waals surface area contributed by atoms with Crippen LogP contribution in [0.15, 0.2) is 24.3 Å². The van der Waals surface area contributed by atoms with Gasteiger partial charge >= 0.3 is 12.1 Å². The van der Waals surface area contributed by atoms with Crippen molar-refractivity contribution in [1.29, 1.82) is 0 Å². The molecular weight excluding hydrogens is 332 g/mol. The average Bonchev–Trinajstić information content (AvgIpc) is 3.13. The Balaban J connectivity index is 1.72. The van der Waals surface area contributed by atoms with Crippen LogP contribution in [0.25, 0.3) is 0 Å². The van der Waals surface area contributed by atoms with Crippen molar-refractivity contribution in [2.75, 3.05) is 28.6 Å². The van der Waals surface area contributed by atoms with Crippen LogP contribution in [0.2, 0.25) is 0 Å². The summed E-state index contributed by atoms with van der Waals surface area (Å²) in [6.45, 7) is 9.12. The highest BCUT2D eigenvalue weighted by atomic mass is 16.2. The molecule has 0 radical (unpaired) electrons. The van der Waals surface area contributed by atoms with Gasteiger partial charge in [0.15, 0.2) is 0 Å². The Morgan fingerprint density at radius 1 is 1.27 bits per heavy atom. The van der Waals surface area contributed by atoms with Gasteiger partial charge < -0.3 is 16.0 Å². The third-order valence-electron chi connectivity index (χ3n) is 4.33. The number of benzene rings is 1. The number of rotatable bonds is 4. The number of amides is 4. The van der Waals surface area contributed by atoms with E-state index in [9.17, 15) is 9.59 Å². The number of carbonyl (C=O) groups is 2. The maximum atomic E-state index is 12.4. The first-order valence-corrected chi connectivity index (χ1v) is 8.66. The van der Waals surface area contributed by atoms with E-state index in [4.69, 9.17) is 0 Å². The molecule has 4 amide bonds. The standard InChI is InChI=1S/C18H24N6O2/c1-11(2)24-13(4)16(12(3)22-24)21-17(25)20-14-6-5-7-15(10-14)23-9-8-19-18(23)26/h5-7,10-11H,8-9H2,1-4H3,(H,19,26)(H2,20,21,25). The highest BCUT2D eigenvalue weighted by Gasteiger charge is 2.21. The molecular formula is C18H24N6O2. The van der Waals surface area contributed by atoms with Gasteiger partial charge in [0.25, 0.3) is 0 Å². The molecule has 1 aromatic carbocycles. The molecule has 1 aliphatic rings. The van der Waals surface area contributed by atoms with Crippen molar-refractivity contribution >= 4 is 29.1 Å². The SMILES string of the molecule is Cc1nn(C(C)C)c(C)c1NC(=O)Nc1cccc(N2CCNC2=O)c1. The third-order valence-corrected chi connectivity index (χ3v) is 4.33. The molecule has 1 aromatic heterocycles. The average molecular weight is 356 g/mol. The number of hydrogen-bond donors (Lipinski definition) is 3. The lowest BCUT2D eigenvalue weighted by Crippen LogP contribution is -2.27. The number of aromatic nitrogens is 2. The summed E-state index contributed by atoms with van der Waals surface area (Å²) in [5.74, 6) is 0. The van der Waals surface area contributed by atoms with E-state index in [1.807, 2.05) is 44.5 Å². The molecule has 0 saturated carbocycles. The van der Waals surface area contributed by atoms with Crippen molar-refractivity contribution in [2.24, 2.45) is 0 Å². The summed E-state index contributed by atoms with van der Waals surface area (Å²) in [7, 11) is 0. The van der Waals surface area contributed by atoms with Crippen molar-refractivity contribution in [3.8, 4) is 0 Å². The summed E-state index contributed by atoms with van der Waals surface area (Å²) >= 11 is 0. The van der Waals surface area contributed by atoms with Crippen molar-refractivity contribution in [1.82, 2.24) is 15.1 Å².